The zero-order valence-corrected chi connectivity index (χ0v) is 17.0. The molecule has 7 heteroatoms. The molecule has 0 saturated heterocycles. The van der Waals surface area contributed by atoms with Gasteiger partial charge < -0.3 is 15.2 Å². The number of benzene rings is 1. The normalized spacial score (nSPS) is 13.2. The number of amides is 2. The van der Waals surface area contributed by atoms with Crippen LogP contribution >= 0.6 is 11.8 Å². The molecule has 0 fully saturated rings. The Morgan fingerprint density at radius 1 is 1.19 bits per heavy atom. The third-order valence-electron chi connectivity index (χ3n) is 3.96. The Hall–Kier alpha value is -2.28. The second kappa shape index (κ2) is 10.2. The average molecular weight is 390 g/mol. The van der Waals surface area contributed by atoms with E-state index < -0.39 is 0 Å². The smallest absolute Gasteiger partial charge is 0.238 e. The minimum absolute atomic E-state index is 0.0264. The van der Waals surface area contributed by atoms with Crippen molar-refractivity contribution < 1.29 is 14.1 Å². The van der Waals surface area contributed by atoms with Crippen LogP contribution in [0.1, 0.15) is 44.6 Å². The summed E-state index contributed by atoms with van der Waals surface area (Å²) < 4.78 is 4.93. The fourth-order valence-corrected chi connectivity index (χ4v) is 3.30. The molecule has 0 spiro atoms. The Labute approximate surface area is 164 Å². The van der Waals surface area contributed by atoms with Crippen LogP contribution in [0.4, 0.5) is 5.82 Å². The summed E-state index contributed by atoms with van der Waals surface area (Å²) in [5.74, 6) is 1.40. The SMILES string of the molecule is Cc1cc(NC(=O)C(C)SCC(=O)NC(CC(C)C)c2ccccc2)no1. The molecule has 1 aromatic carbocycles. The number of anilines is 1. The number of aryl methyl sites for hydroxylation is 1. The molecule has 6 nitrogen and oxygen atoms in total. The largest absolute Gasteiger partial charge is 0.360 e. The van der Waals surface area contributed by atoms with Crippen molar-refractivity contribution in [3.05, 3.63) is 47.7 Å². The van der Waals surface area contributed by atoms with E-state index in [1.807, 2.05) is 30.3 Å². The molecule has 2 atom stereocenters. The molecule has 1 heterocycles. The summed E-state index contributed by atoms with van der Waals surface area (Å²) in [6.45, 7) is 7.79. The number of hydrogen-bond donors (Lipinski definition) is 2. The fraction of sp³-hybridized carbons (Fsp3) is 0.450. The second-order valence-corrected chi connectivity index (χ2v) is 8.25. The minimum atomic E-state index is -0.381. The van der Waals surface area contributed by atoms with Gasteiger partial charge in [-0.15, -0.1) is 11.8 Å². The molecule has 2 rings (SSSR count). The summed E-state index contributed by atoms with van der Waals surface area (Å²) in [7, 11) is 0. The fourth-order valence-electron chi connectivity index (χ4n) is 2.60. The van der Waals surface area contributed by atoms with Crippen LogP contribution in [0.25, 0.3) is 0 Å². The van der Waals surface area contributed by atoms with Gasteiger partial charge in [0.05, 0.1) is 17.0 Å². The average Bonchev–Trinajstić information content (AvgIpc) is 3.04. The van der Waals surface area contributed by atoms with E-state index in [-0.39, 0.29) is 28.9 Å². The molecule has 0 aliphatic rings. The van der Waals surface area contributed by atoms with E-state index in [1.54, 1.807) is 19.9 Å². The lowest BCUT2D eigenvalue weighted by Gasteiger charge is -2.21. The van der Waals surface area contributed by atoms with E-state index >= 15 is 0 Å². The van der Waals surface area contributed by atoms with Crippen molar-refractivity contribution in [2.45, 2.75) is 45.4 Å². The van der Waals surface area contributed by atoms with Crippen LogP contribution in [0.2, 0.25) is 0 Å². The first-order chi connectivity index (χ1) is 12.8. The zero-order valence-electron chi connectivity index (χ0n) is 16.2. The molecule has 0 radical (unpaired) electrons. The Morgan fingerprint density at radius 2 is 1.89 bits per heavy atom. The Bertz CT molecular complexity index is 746. The van der Waals surface area contributed by atoms with Crippen molar-refractivity contribution in [3.63, 3.8) is 0 Å². The molecule has 0 bridgehead atoms. The summed E-state index contributed by atoms with van der Waals surface area (Å²) in [5.41, 5.74) is 1.09. The number of hydrogen-bond acceptors (Lipinski definition) is 5. The van der Waals surface area contributed by atoms with E-state index in [1.165, 1.54) is 11.8 Å². The van der Waals surface area contributed by atoms with Gasteiger partial charge in [-0.05, 0) is 31.7 Å². The Kier molecular flexibility index (Phi) is 7.91. The molecular weight excluding hydrogens is 362 g/mol. The molecule has 27 heavy (non-hydrogen) atoms. The van der Waals surface area contributed by atoms with Gasteiger partial charge >= 0.3 is 0 Å². The summed E-state index contributed by atoms with van der Waals surface area (Å²) in [4.78, 5) is 24.6. The van der Waals surface area contributed by atoms with E-state index in [2.05, 4.69) is 29.6 Å². The summed E-state index contributed by atoms with van der Waals surface area (Å²) in [6, 6.07) is 11.6. The zero-order chi connectivity index (χ0) is 19.8. The lowest BCUT2D eigenvalue weighted by atomic mass is 9.97. The summed E-state index contributed by atoms with van der Waals surface area (Å²) in [6.07, 6.45) is 0.863. The van der Waals surface area contributed by atoms with E-state index in [0.29, 0.717) is 17.5 Å². The highest BCUT2D eigenvalue weighted by Gasteiger charge is 2.19. The van der Waals surface area contributed by atoms with Gasteiger partial charge in [0, 0.05) is 6.07 Å². The molecule has 1 aromatic heterocycles. The van der Waals surface area contributed by atoms with Crippen LogP contribution in [0.3, 0.4) is 0 Å². The number of thioether (sulfide) groups is 1. The van der Waals surface area contributed by atoms with Gasteiger partial charge in [-0.3, -0.25) is 9.59 Å². The highest BCUT2D eigenvalue weighted by atomic mass is 32.2. The van der Waals surface area contributed by atoms with Crippen LogP contribution in [0, 0.1) is 12.8 Å². The molecule has 0 aliphatic carbocycles. The van der Waals surface area contributed by atoms with Crippen LogP contribution in [0.5, 0.6) is 0 Å². The molecule has 2 N–H and O–H groups in total. The highest BCUT2D eigenvalue weighted by Crippen LogP contribution is 2.22. The third-order valence-corrected chi connectivity index (χ3v) is 5.10. The monoisotopic (exact) mass is 389 g/mol. The van der Waals surface area contributed by atoms with Gasteiger partial charge in [0.25, 0.3) is 0 Å². The van der Waals surface area contributed by atoms with E-state index in [4.69, 9.17) is 4.52 Å². The molecule has 0 aliphatic heterocycles. The van der Waals surface area contributed by atoms with Gasteiger partial charge in [0.15, 0.2) is 5.82 Å². The predicted octanol–water partition coefficient (Wildman–Crippen LogP) is 3.95. The van der Waals surface area contributed by atoms with Crippen molar-refractivity contribution in [3.8, 4) is 0 Å². The first kappa shape index (κ1) is 21.0. The Balaban J connectivity index is 1.84. The molecular formula is C20H27N3O3S. The maximum atomic E-state index is 12.4. The van der Waals surface area contributed by atoms with Crippen LogP contribution < -0.4 is 10.6 Å². The quantitative estimate of drug-likeness (QED) is 0.678. The maximum Gasteiger partial charge on any atom is 0.238 e. The van der Waals surface area contributed by atoms with Crippen LogP contribution in [-0.2, 0) is 9.59 Å². The van der Waals surface area contributed by atoms with Gasteiger partial charge in [0.1, 0.15) is 5.76 Å². The minimum Gasteiger partial charge on any atom is -0.360 e. The lowest BCUT2D eigenvalue weighted by Crippen LogP contribution is -2.32. The van der Waals surface area contributed by atoms with Crippen LogP contribution in [-0.4, -0.2) is 28.0 Å². The number of aromatic nitrogens is 1. The van der Waals surface area contributed by atoms with Crippen LogP contribution in [0.15, 0.2) is 40.9 Å². The molecule has 2 amide bonds. The first-order valence-electron chi connectivity index (χ1n) is 9.05. The number of carbonyl (C=O) groups is 2. The van der Waals surface area contributed by atoms with Gasteiger partial charge in [0.2, 0.25) is 11.8 Å². The van der Waals surface area contributed by atoms with Crippen molar-refractivity contribution in [2.75, 3.05) is 11.1 Å². The predicted molar refractivity (Wildman–Crippen MR) is 109 cm³/mol. The Morgan fingerprint density at radius 3 is 2.48 bits per heavy atom. The van der Waals surface area contributed by atoms with Gasteiger partial charge in [-0.25, -0.2) is 0 Å². The maximum absolute atomic E-state index is 12.4. The van der Waals surface area contributed by atoms with E-state index in [9.17, 15) is 9.59 Å². The molecule has 2 aromatic rings. The topological polar surface area (TPSA) is 84.2 Å². The second-order valence-electron chi connectivity index (χ2n) is 6.93. The van der Waals surface area contributed by atoms with Gasteiger partial charge in [-0.2, -0.15) is 0 Å². The van der Waals surface area contributed by atoms with Crippen molar-refractivity contribution in [2.24, 2.45) is 5.92 Å². The number of nitrogens with zero attached hydrogens (tertiary/aromatic N) is 1. The third kappa shape index (κ3) is 7.09. The summed E-state index contributed by atoms with van der Waals surface area (Å²) >= 11 is 1.29. The van der Waals surface area contributed by atoms with Crippen molar-refractivity contribution >= 4 is 29.4 Å². The molecule has 2 unspecified atom stereocenters. The first-order valence-corrected chi connectivity index (χ1v) is 10.1. The van der Waals surface area contributed by atoms with Crippen molar-refractivity contribution in [1.29, 1.82) is 0 Å². The summed E-state index contributed by atoms with van der Waals surface area (Å²) in [5, 5.41) is 9.13. The number of rotatable bonds is 9. The van der Waals surface area contributed by atoms with Crippen molar-refractivity contribution in [1.82, 2.24) is 10.5 Å². The number of carbonyl (C=O) groups excluding carboxylic acids is 2. The molecule has 0 saturated carbocycles. The highest BCUT2D eigenvalue weighted by molar-refractivity contribution is 8.01. The van der Waals surface area contributed by atoms with E-state index in [0.717, 1.165) is 12.0 Å². The standard InChI is InChI=1S/C20H27N3O3S/c1-13(2)10-17(16-8-6-5-7-9-16)21-19(24)12-27-15(4)20(25)22-18-11-14(3)26-23-18/h5-9,11,13,15,17H,10,12H2,1-4H3,(H,21,24)(H,22,23,25). The molecule has 146 valence electrons. The lowest BCUT2D eigenvalue weighted by molar-refractivity contribution is -0.119. The van der Waals surface area contributed by atoms with Gasteiger partial charge in [-0.1, -0.05) is 49.3 Å². The number of nitrogens with one attached hydrogen (secondary N) is 2.